The Morgan fingerprint density at radius 1 is 1.14 bits per heavy atom. The summed E-state index contributed by atoms with van der Waals surface area (Å²) in [5, 5.41) is 8.78. The molecule has 0 bridgehead atoms. The molecular weight excluding hydrogens is 314 g/mol. The van der Waals surface area contributed by atoms with Gasteiger partial charge < -0.3 is 8.92 Å². The second-order valence-electron chi connectivity index (χ2n) is 3.95. The number of hydrogen-bond acceptors (Lipinski definition) is 5. The monoisotopic (exact) mass is 323 g/mol. The molecule has 108 valence electrons. The highest BCUT2D eigenvalue weighted by Crippen LogP contribution is 2.31. The zero-order chi connectivity index (χ0) is 15.5. The van der Waals surface area contributed by atoms with Crippen LogP contribution in [0.1, 0.15) is 5.56 Å². The van der Waals surface area contributed by atoms with Gasteiger partial charge in [0.05, 0.1) is 23.8 Å². The van der Waals surface area contributed by atoms with Crippen LogP contribution in [0.4, 0.5) is 0 Å². The van der Waals surface area contributed by atoms with Crippen LogP contribution in [0.2, 0.25) is 5.02 Å². The Balaban J connectivity index is 2.41. The Morgan fingerprint density at radius 3 is 2.48 bits per heavy atom. The van der Waals surface area contributed by atoms with Crippen LogP contribution >= 0.6 is 11.6 Å². The Morgan fingerprint density at radius 2 is 1.86 bits per heavy atom. The summed E-state index contributed by atoms with van der Waals surface area (Å²) >= 11 is 5.90. The van der Waals surface area contributed by atoms with Gasteiger partial charge in [0.25, 0.3) is 0 Å². The molecule has 7 heteroatoms. The molecule has 0 aliphatic heterocycles. The zero-order valence-electron chi connectivity index (χ0n) is 10.9. The first kappa shape index (κ1) is 15.2. The Bertz CT molecular complexity index is 812. The Hall–Kier alpha value is -2.23. The second-order valence-corrected chi connectivity index (χ2v) is 5.87. The van der Waals surface area contributed by atoms with Gasteiger partial charge in [0, 0.05) is 0 Å². The third kappa shape index (κ3) is 3.27. The maximum atomic E-state index is 12.3. The minimum atomic E-state index is -4.09. The third-order valence-electron chi connectivity index (χ3n) is 2.60. The fraction of sp³-hybridized carbons (Fsp3) is 0.0714. The van der Waals surface area contributed by atoms with Gasteiger partial charge in [-0.25, -0.2) is 0 Å². The molecule has 0 saturated carbocycles. The number of halogens is 1. The normalized spacial score (nSPS) is 10.7. The molecule has 0 aliphatic rings. The van der Waals surface area contributed by atoms with Crippen LogP contribution in [0.25, 0.3) is 0 Å². The summed E-state index contributed by atoms with van der Waals surface area (Å²) in [7, 11) is -2.73. The van der Waals surface area contributed by atoms with E-state index in [4.69, 9.17) is 25.8 Å². The van der Waals surface area contributed by atoms with E-state index in [0.717, 1.165) is 0 Å². The highest BCUT2D eigenvalue weighted by atomic mass is 35.5. The average molecular weight is 324 g/mol. The molecule has 2 aromatic carbocycles. The van der Waals surface area contributed by atoms with Gasteiger partial charge in [-0.2, -0.15) is 13.7 Å². The van der Waals surface area contributed by atoms with E-state index in [1.165, 1.54) is 37.4 Å². The summed E-state index contributed by atoms with van der Waals surface area (Å²) in [4.78, 5) is -0.104. The molecule has 0 heterocycles. The first-order valence-electron chi connectivity index (χ1n) is 5.75. The van der Waals surface area contributed by atoms with Gasteiger partial charge in [0.1, 0.15) is 10.6 Å². The third-order valence-corrected chi connectivity index (χ3v) is 4.17. The standard InChI is InChI=1S/C14H10ClNO4S/c1-19-13-4-2-3-5-14(13)21(17,18)20-12-7-6-10(9-16)8-11(12)15/h2-8H,1H3. The summed E-state index contributed by atoms with van der Waals surface area (Å²) < 4.78 is 34.5. The number of rotatable bonds is 4. The molecule has 0 unspecified atom stereocenters. The minimum Gasteiger partial charge on any atom is -0.495 e. The summed E-state index contributed by atoms with van der Waals surface area (Å²) in [6.07, 6.45) is 0. The van der Waals surface area contributed by atoms with Crippen molar-refractivity contribution in [3.05, 3.63) is 53.1 Å². The van der Waals surface area contributed by atoms with E-state index < -0.39 is 10.1 Å². The van der Waals surface area contributed by atoms with Gasteiger partial charge in [-0.15, -0.1) is 0 Å². The number of nitriles is 1. The molecule has 0 fully saturated rings. The minimum absolute atomic E-state index is 0.0347. The van der Waals surface area contributed by atoms with E-state index in [1.807, 2.05) is 6.07 Å². The molecule has 2 aromatic rings. The van der Waals surface area contributed by atoms with E-state index in [2.05, 4.69) is 0 Å². The first-order chi connectivity index (χ1) is 9.97. The maximum absolute atomic E-state index is 12.3. The lowest BCUT2D eigenvalue weighted by molar-refractivity contribution is 0.398. The van der Waals surface area contributed by atoms with Crippen LogP contribution in [0, 0.1) is 11.3 Å². The van der Waals surface area contributed by atoms with Crippen LogP contribution in [-0.2, 0) is 10.1 Å². The van der Waals surface area contributed by atoms with Crippen molar-refractivity contribution >= 4 is 21.7 Å². The van der Waals surface area contributed by atoms with Crippen molar-refractivity contribution in [2.45, 2.75) is 4.90 Å². The summed E-state index contributed by atoms with van der Waals surface area (Å²) in [5.41, 5.74) is 0.307. The average Bonchev–Trinajstić information content (AvgIpc) is 2.49. The van der Waals surface area contributed by atoms with Crippen molar-refractivity contribution in [1.82, 2.24) is 0 Å². The summed E-state index contributed by atoms with van der Waals surface area (Å²) in [5.74, 6) is 0.115. The van der Waals surface area contributed by atoms with Crippen molar-refractivity contribution in [1.29, 1.82) is 5.26 Å². The van der Waals surface area contributed by atoms with E-state index in [-0.39, 0.29) is 21.4 Å². The summed E-state index contributed by atoms with van der Waals surface area (Å²) in [6, 6.07) is 12.0. The molecule has 2 rings (SSSR count). The van der Waals surface area contributed by atoms with Crippen LogP contribution in [-0.4, -0.2) is 15.5 Å². The highest BCUT2D eigenvalue weighted by Gasteiger charge is 2.22. The van der Waals surface area contributed by atoms with Crippen LogP contribution < -0.4 is 8.92 Å². The second kappa shape index (κ2) is 6.04. The largest absolute Gasteiger partial charge is 0.495 e. The fourth-order valence-electron chi connectivity index (χ4n) is 1.63. The molecule has 0 saturated heterocycles. The van der Waals surface area contributed by atoms with Gasteiger partial charge in [-0.1, -0.05) is 23.7 Å². The van der Waals surface area contributed by atoms with Gasteiger partial charge in [0.2, 0.25) is 0 Å². The topological polar surface area (TPSA) is 76.4 Å². The Labute approximate surface area is 127 Å². The van der Waals surface area contributed by atoms with Crippen molar-refractivity contribution in [2.75, 3.05) is 7.11 Å². The number of ether oxygens (including phenoxy) is 1. The number of para-hydroxylation sites is 1. The van der Waals surface area contributed by atoms with Crippen LogP contribution in [0.3, 0.4) is 0 Å². The van der Waals surface area contributed by atoms with Gasteiger partial charge >= 0.3 is 10.1 Å². The van der Waals surface area contributed by atoms with Gasteiger partial charge in [-0.3, -0.25) is 0 Å². The maximum Gasteiger partial charge on any atom is 0.342 e. The summed E-state index contributed by atoms with van der Waals surface area (Å²) in [6.45, 7) is 0. The number of hydrogen-bond donors (Lipinski definition) is 0. The predicted molar refractivity (Wildman–Crippen MR) is 77.0 cm³/mol. The van der Waals surface area contributed by atoms with E-state index in [1.54, 1.807) is 12.1 Å². The van der Waals surface area contributed by atoms with Crippen LogP contribution in [0.5, 0.6) is 11.5 Å². The lowest BCUT2D eigenvalue weighted by atomic mass is 10.2. The molecule has 5 nitrogen and oxygen atoms in total. The quantitative estimate of drug-likeness (QED) is 0.808. The molecule has 21 heavy (non-hydrogen) atoms. The molecular formula is C14H10ClNO4S. The molecule has 0 amide bonds. The zero-order valence-corrected chi connectivity index (χ0v) is 12.5. The van der Waals surface area contributed by atoms with Crippen LogP contribution in [0.15, 0.2) is 47.4 Å². The van der Waals surface area contributed by atoms with Gasteiger partial charge in [0.15, 0.2) is 5.75 Å². The van der Waals surface area contributed by atoms with Gasteiger partial charge in [-0.05, 0) is 30.3 Å². The first-order valence-corrected chi connectivity index (χ1v) is 7.53. The van der Waals surface area contributed by atoms with E-state index in [9.17, 15) is 8.42 Å². The number of benzene rings is 2. The highest BCUT2D eigenvalue weighted by molar-refractivity contribution is 7.87. The Kier molecular flexibility index (Phi) is 4.36. The predicted octanol–water partition coefficient (Wildman–Crippen LogP) is 2.99. The van der Waals surface area contributed by atoms with Crippen molar-refractivity contribution in [2.24, 2.45) is 0 Å². The molecule has 0 radical (unpaired) electrons. The SMILES string of the molecule is COc1ccccc1S(=O)(=O)Oc1ccc(C#N)cc1Cl. The molecule has 0 aliphatic carbocycles. The van der Waals surface area contributed by atoms with Crippen molar-refractivity contribution < 1.29 is 17.3 Å². The van der Waals surface area contributed by atoms with Crippen molar-refractivity contribution in [3.63, 3.8) is 0 Å². The fourth-order valence-corrected chi connectivity index (χ4v) is 3.01. The van der Waals surface area contributed by atoms with E-state index in [0.29, 0.717) is 5.56 Å². The number of nitrogens with zero attached hydrogens (tertiary/aromatic N) is 1. The lowest BCUT2D eigenvalue weighted by Crippen LogP contribution is -2.11. The molecule has 0 atom stereocenters. The lowest BCUT2D eigenvalue weighted by Gasteiger charge is -2.11. The van der Waals surface area contributed by atoms with E-state index >= 15 is 0 Å². The molecule has 0 aromatic heterocycles. The number of methoxy groups -OCH3 is 1. The molecule has 0 spiro atoms. The smallest absolute Gasteiger partial charge is 0.342 e. The van der Waals surface area contributed by atoms with Crippen molar-refractivity contribution in [3.8, 4) is 17.6 Å². The molecule has 0 N–H and O–H groups in total.